The highest BCUT2D eigenvalue weighted by atomic mass is 19.1. The standard InChI is InChI=1S/C22H28FN5O4/c1-21(2,3)32-20(30)27-8-6-22(4,7-9-27)15-18-25-14-11-12(23)10-13(17(24)29)16(14)28(18)26-19(15)31-5/h10-11,25H,6-9H2,1-5H3,(H2,24,29). The molecule has 2 amide bonds. The first kappa shape index (κ1) is 21.9. The first-order valence-corrected chi connectivity index (χ1v) is 10.5. The number of benzene rings is 1. The van der Waals surface area contributed by atoms with Crippen LogP contribution in [-0.4, -0.2) is 57.3 Å². The van der Waals surface area contributed by atoms with E-state index in [0.29, 0.717) is 48.5 Å². The second-order valence-electron chi connectivity index (χ2n) is 9.51. The third-order valence-corrected chi connectivity index (χ3v) is 5.97. The predicted octanol–water partition coefficient (Wildman–Crippen LogP) is 3.35. The number of primary amides is 1. The number of methoxy groups -OCH3 is 1. The highest BCUT2D eigenvalue weighted by molar-refractivity contribution is 6.05. The molecule has 0 atom stereocenters. The molecular weight excluding hydrogens is 417 g/mol. The predicted molar refractivity (Wildman–Crippen MR) is 116 cm³/mol. The molecule has 1 aromatic carbocycles. The smallest absolute Gasteiger partial charge is 0.410 e. The van der Waals surface area contributed by atoms with E-state index in [1.807, 2.05) is 20.8 Å². The summed E-state index contributed by atoms with van der Waals surface area (Å²) in [6.07, 6.45) is 0.964. The van der Waals surface area contributed by atoms with Crippen molar-refractivity contribution in [2.24, 2.45) is 5.73 Å². The molecule has 0 saturated carbocycles. The van der Waals surface area contributed by atoms with Gasteiger partial charge in [0.15, 0.2) is 0 Å². The quantitative estimate of drug-likeness (QED) is 0.642. The lowest BCUT2D eigenvalue weighted by atomic mass is 9.75. The van der Waals surface area contributed by atoms with Crippen LogP contribution >= 0.6 is 0 Å². The minimum atomic E-state index is -0.747. The highest BCUT2D eigenvalue weighted by Gasteiger charge is 2.40. The van der Waals surface area contributed by atoms with Crippen molar-refractivity contribution in [2.45, 2.75) is 51.6 Å². The maximum Gasteiger partial charge on any atom is 0.410 e. The Labute approximate surface area is 184 Å². The fraction of sp³-hybridized carbons (Fsp3) is 0.500. The summed E-state index contributed by atoms with van der Waals surface area (Å²) in [6, 6.07) is 2.41. The Hall–Kier alpha value is -3.30. The van der Waals surface area contributed by atoms with E-state index in [0.717, 1.165) is 11.6 Å². The number of carbonyl (C=O) groups is 2. The molecule has 172 valence electrons. The van der Waals surface area contributed by atoms with E-state index >= 15 is 0 Å². The molecule has 1 fully saturated rings. The lowest BCUT2D eigenvalue weighted by Crippen LogP contribution is -2.45. The zero-order valence-electron chi connectivity index (χ0n) is 18.9. The molecule has 4 rings (SSSR count). The van der Waals surface area contributed by atoms with Gasteiger partial charge in [0, 0.05) is 18.5 Å². The van der Waals surface area contributed by atoms with E-state index in [-0.39, 0.29) is 17.1 Å². The second-order valence-corrected chi connectivity index (χ2v) is 9.51. The molecule has 9 nitrogen and oxygen atoms in total. The number of nitrogens with two attached hydrogens (primary N) is 1. The number of amides is 2. The summed E-state index contributed by atoms with van der Waals surface area (Å²) in [5.74, 6) is -0.907. The summed E-state index contributed by atoms with van der Waals surface area (Å²) in [4.78, 5) is 29.3. The number of imidazole rings is 1. The number of aromatic nitrogens is 3. The first-order chi connectivity index (χ1) is 14.9. The monoisotopic (exact) mass is 445 g/mol. The van der Waals surface area contributed by atoms with Gasteiger partial charge in [-0.2, -0.15) is 0 Å². The molecule has 0 radical (unpaired) electrons. The van der Waals surface area contributed by atoms with Gasteiger partial charge in [-0.3, -0.25) is 4.79 Å². The summed E-state index contributed by atoms with van der Waals surface area (Å²) < 4.78 is 26.7. The summed E-state index contributed by atoms with van der Waals surface area (Å²) in [5.41, 5.74) is 6.83. The number of hydrogen-bond donors (Lipinski definition) is 2. The van der Waals surface area contributed by atoms with Gasteiger partial charge >= 0.3 is 6.09 Å². The van der Waals surface area contributed by atoms with E-state index in [2.05, 4.69) is 17.0 Å². The van der Waals surface area contributed by atoms with Crippen LogP contribution in [0.15, 0.2) is 12.1 Å². The number of carbonyl (C=O) groups excluding carboxylic acids is 2. The van der Waals surface area contributed by atoms with Crippen molar-refractivity contribution in [2.75, 3.05) is 20.2 Å². The molecule has 0 aliphatic carbocycles. The number of ether oxygens (including phenoxy) is 2. The number of fused-ring (bicyclic) bond motifs is 3. The molecule has 1 aliphatic heterocycles. The Balaban J connectivity index is 1.75. The molecule has 1 saturated heterocycles. The van der Waals surface area contributed by atoms with Crippen LogP contribution in [0, 0.1) is 5.82 Å². The average molecular weight is 445 g/mol. The first-order valence-electron chi connectivity index (χ1n) is 10.5. The highest BCUT2D eigenvalue weighted by Crippen LogP contribution is 2.43. The topological polar surface area (TPSA) is 115 Å². The van der Waals surface area contributed by atoms with Crippen LogP contribution in [0.5, 0.6) is 5.88 Å². The third kappa shape index (κ3) is 3.63. The molecule has 0 bridgehead atoms. The number of hydrogen-bond acceptors (Lipinski definition) is 5. The molecular formula is C22H28FN5O4. The number of likely N-dealkylation sites (tertiary alicyclic amines) is 1. The van der Waals surface area contributed by atoms with E-state index in [4.69, 9.17) is 15.2 Å². The van der Waals surface area contributed by atoms with Crippen LogP contribution in [-0.2, 0) is 10.2 Å². The zero-order chi connectivity index (χ0) is 23.4. The average Bonchev–Trinajstić information content (AvgIpc) is 3.21. The van der Waals surface area contributed by atoms with Gasteiger partial charge in [0.1, 0.15) is 22.6 Å². The van der Waals surface area contributed by atoms with Gasteiger partial charge in [-0.1, -0.05) is 6.92 Å². The second kappa shape index (κ2) is 7.39. The Morgan fingerprint density at radius 2 is 1.91 bits per heavy atom. The number of halogens is 1. The van der Waals surface area contributed by atoms with Crippen LogP contribution in [0.4, 0.5) is 9.18 Å². The Morgan fingerprint density at radius 1 is 1.25 bits per heavy atom. The van der Waals surface area contributed by atoms with Gasteiger partial charge in [0.25, 0.3) is 5.91 Å². The minimum absolute atomic E-state index is 0.0350. The Morgan fingerprint density at radius 3 is 2.47 bits per heavy atom. The molecule has 0 unspecified atom stereocenters. The lowest BCUT2D eigenvalue weighted by molar-refractivity contribution is 0.0171. The van der Waals surface area contributed by atoms with Crippen molar-refractivity contribution in [3.63, 3.8) is 0 Å². The summed E-state index contributed by atoms with van der Waals surface area (Å²) in [6.45, 7) is 8.62. The SMILES string of the molecule is COc1nn2c([nH]c3cc(F)cc(C(N)=O)c32)c1C1(C)CCN(C(=O)OC(C)(C)C)CC1. The molecule has 10 heteroatoms. The Kier molecular flexibility index (Phi) is 5.06. The largest absolute Gasteiger partial charge is 0.480 e. The molecule has 32 heavy (non-hydrogen) atoms. The molecule has 3 aromatic rings. The Bertz CT molecular complexity index is 1210. The lowest BCUT2D eigenvalue weighted by Gasteiger charge is -2.39. The van der Waals surface area contributed by atoms with Crippen molar-refractivity contribution < 1.29 is 23.5 Å². The molecule has 2 aromatic heterocycles. The number of H-pyrrole nitrogens is 1. The fourth-order valence-electron chi connectivity index (χ4n) is 4.36. The summed E-state index contributed by atoms with van der Waals surface area (Å²) >= 11 is 0. The van der Waals surface area contributed by atoms with Crippen LogP contribution in [0.25, 0.3) is 16.7 Å². The molecule has 3 heterocycles. The van der Waals surface area contributed by atoms with Crippen LogP contribution in [0.1, 0.15) is 56.5 Å². The van der Waals surface area contributed by atoms with Crippen molar-refractivity contribution in [1.29, 1.82) is 0 Å². The van der Waals surface area contributed by atoms with E-state index < -0.39 is 17.3 Å². The van der Waals surface area contributed by atoms with Crippen molar-refractivity contribution >= 4 is 28.7 Å². The number of rotatable bonds is 3. The zero-order valence-corrected chi connectivity index (χ0v) is 18.9. The number of nitrogens with one attached hydrogen (secondary N) is 1. The van der Waals surface area contributed by atoms with E-state index in [9.17, 15) is 14.0 Å². The number of nitrogens with zero attached hydrogens (tertiary/aromatic N) is 3. The summed E-state index contributed by atoms with van der Waals surface area (Å²) in [5, 5.41) is 4.54. The van der Waals surface area contributed by atoms with E-state index in [1.54, 1.807) is 9.42 Å². The normalized spacial score (nSPS) is 16.5. The number of piperidine rings is 1. The summed E-state index contributed by atoms with van der Waals surface area (Å²) in [7, 11) is 1.53. The number of aromatic amines is 1. The van der Waals surface area contributed by atoms with E-state index in [1.165, 1.54) is 13.2 Å². The van der Waals surface area contributed by atoms with Crippen molar-refractivity contribution in [1.82, 2.24) is 19.5 Å². The van der Waals surface area contributed by atoms with Gasteiger partial charge in [-0.05, 0) is 45.7 Å². The van der Waals surface area contributed by atoms with Gasteiger partial charge < -0.3 is 25.1 Å². The molecule has 1 aliphatic rings. The van der Waals surface area contributed by atoms with Crippen LogP contribution in [0.3, 0.4) is 0 Å². The molecule has 0 spiro atoms. The van der Waals surface area contributed by atoms with Gasteiger partial charge in [-0.15, -0.1) is 5.10 Å². The fourth-order valence-corrected chi connectivity index (χ4v) is 4.36. The van der Waals surface area contributed by atoms with Crippen molar-refractivity contribution in [3.8, 4) is 5.88 Å². The van der Waals surface area contributed by atoms with Gasteiger partial charge in [-0.25, -0.2) is 13.7 Å². The van der Waals surface area contributed by atoms with Gasteiger partial charge in [0.05, 0.1) is 23.8 Å². The van der Waals surface area contributed by atoms with Crippen LogP contribution in [0.2, 0.25) is 0 Å². The maximum atomic E-state index is 14.1. The minimum Gasteiger partial charge on any atom is -0.480 e. The maximum absolute atomic E-state index is 14.1. The third-order valence-electron chi connectivity index (χ3n) is 5.97. The molecule has 3 N–H and O–H groups in total. The van der Waals surface area contributed by atoms with Gasteiger partial charge in [0.2, 0.25) is 5.88 Å². The van der Waals surface area contributed by atoms with Crippen molar-refractivity contribution in [3.05, 3.63) is 29.1 Å². The van der Waals surface area contributed by atoms with Crippen LogP contribution < -0.4 is 10.5 Å².